The molecule has 0 aromatic heterocycles. The Labute approximate surface area is 73.6 Å². The van der Waals surface area contributed by atoms with E-state index < -0.39 is 0 Å². The Morgan fingerprint density at radius 2 is 2.33 bits per heavy atom. The van der Waals surface area contributed by atoms with Crippen molar-refractivity contribution in [2.75, 3.05) is 7.11 Å². The van der Waals surface area contributed by atoms with Crippen LogP contribution in [0.2, 0.25) is 0 Å². The van der Waals surface area contributed by atoms with Gasteiger partial charge in [-0.25, -0.2) is 0 Å². The SMILES string of the molecule is C=NC1=C(C)[C@H](C)CC=C1OC. The average molecular weight is 165 g/mol. The van der Waals surface area contributed by atoms with Crippen LogP contribution >= 0.6 is 0 Å². The highest BCUT2D eigenvalue weighted by molar-refractivity contribution is 5.41. The van der Waals surface area contributed by atoms with Crippen LogP contribution in [-0.2, 0) is 4.74 Å². The number of allylic oxidation sites excluding steroid dienone is 2. The first-order chi connectivity index (χ1) is 5.70. The van der Waals surface area contributed by atoms with Gasteiger partial charge in [0.25, 0.3) is 0 Å². The van der Waals surface area contributed by atoms with Crippen LogP contribution in [0.25, 0.3) is 0 Å². The predicted octanol–water partition coefficient (Wildman–Crippen LogP) is 2.53. The standard InChI is InChI=1S/C10H15NO/c1-7-5-6-9(12-4)10(11-3)8(7)2/h6-7H,3,5H2,1-2,4H3/t7-/m1/s1. The fraction of sp³-hybridized carbons (Fsp3) is 0.500. The molecule has 0 heterocycles. The third-order valence-electron chi connectivity index (χ3n) is 2.38. The van der Waals surface area contributed by atoms with Gasteiger partial charge in [-0.2, -0.15) is 0 Å². The third kappa shape index (κ3) is 1.42. The summed E-state index contributed by atoms with van der Waals surface area (Å²) in [5.41, 5.74) is 2.18. The average Bonchev–Trinajstić information content (AvgIpc) is 2.09. The van der Waals surface area contributed by atoms with Gasteiger partial charge >= 0.3 is 0 Å². The summed E-state index contributed by atoms with van der Waals surface area (Å²) in [6.45, 7) is 7.81. The van der Waals surface area contributed by atoms with E-state index in [1.807, 2.05) is 0 Å². The summed E-state index contributed by atoms with van der Waals surface area (Å²) < 4.78 is 5.18. The maximum absolute atomic E-state index is 5.18. The first kappa shape index (κ1) is 9.04. The van der Waals surface area contributed by atoms with Gasteiger partial charge in [-0.1, -0.05) is 6.92 Å². The Morgan fingerprint density at radius 1 is 1.67 bits per heavy atom. The van der Waals surface area contributed by atoms with Gasteiger partial charge in [0.1, 0.15) is 11.5 Å². The summed E-state index contributed by atoms with van der Waals surface area (Å²) in [6, 6.07) is 0. The smallest absolute Gasteiger partial charge is 0.140 e. The van der Waals surface area contributed by atoms with E-state index in [2.05, 4.69) is 31.6 Å². The molecule has 12 heavy (non-hydrogen) atoms. The zero-order valence-electron chi connectivity index (χ0n) is 7.92. The van der Waals surface area contributed by atoms with E-state index in [-0.39, 0.29) is 0 Å². The van der Waals surface area contributed by atoms with Crippen molar-refractivity contribution in [1.29, 1.82) is 0 Å². The molecule has 0 bridgehead atoms. The van der Waals surface area contributed by atoms with Gasteiger partial charge in [0.15, 0.2) is 0 Å². The monoisotopic (exact) mass is 165 g/mol. The van der Waals surface area contributed by atoms with Crippen molar-refractivity contribution in [3.05, 3.63) is 23.1 Å². The fourth-order valence-electron chi connectivity index (χ4n) is 1.37. The second-order valence-electron chi connectivity index (χ2n) is 3.10. The van der Waals surface area contributed by atoms with Gasteiger partial charge in [-0.15, -0.1) is 0 Å². The normalized spacial score (nSPS) is 23.6. The van der Waals surface area contributed by atoms with E-state index in [1.165, 1.54) is 5.57 Å². The Bertz CT molecular complexity index is 251. The van der Waals surface area contributed by atoms with Crippen molar-refractivity contribution in [1.82, 2.24) is 0 Å². The molecular weight excluding hydrogens is 150 g/mol. The molecule has 0 saturated heterocycles. The van der Waals surface area contributed by atoms with Gasteiger partial charge in [0, 0.05) is 0 Å². The van der Waals surface area contributed by atoms with Gasteiger partial charge < -0.3 is 4.74 Å². The summed E-state index contributed by atoms with van der Waals surface area (Å²) in [7, 11) is 1.67. The number of aliphatic imine (C=N–C) groups is 1. The van der Waals surface area contributed by atoms with E-state index in [0.29, 0.717) is 5.92 Å². The second-order valence-corrected chi connectivity index (χ2v) is 3.10. The summed E-state index contributed by atoms with van der Waals surface area (Å²) in [6.07, 6.45) is 3.11. The second kappa shape index (κ2) is 3.57. The summed E-state index contributed by atoms with van der Waals surface area (Å²) >= 11 is 0. The first-order valence-corrected chi connectivity index (χ1v) is 4.12. The summed E-state index contributed by atoms with van der Waals surface area (Å²) in [4.78, 5) is 3.97. The molecule has 0 aliphatic heterocycles. The Balaban J connectivity index is 3.02. The van der Waals surface area contributed by atoms with Crippen LogP contribution < -0.4 is 0 Å². The molecule has 0 saturated carbocycles. The largest absolute Gasteiger partial charge is 0.495 e. The van der Waals surface area contributed by atoms with Crippen molar-refractivity contribution in [2.24, 2.45) is 10.9 Å². The zero-order chi connectivity index (χ0) is 9.14. The molecule has 1 atom stereocenters. The van der Waals surface area contributed by atoms with Crippen molar-refractivity contribution in [3.63, 3.8) is 0 Å². The van der Waals surface area contributed by atoms with Gasteiger partial charge in [0.05, 0.1) is 7.11 Å². The highest BCUT2D eigenvalue weighted by atomic mass is 16.5. The van der Waals surface area contributed by atoms with Crippen molar-refractivity contribution in [2.45, 2.75) is 20.3 Å². The molecule has 2 nitrogen and oxygen atoms in total. The molecule has 0 amide bonds. The lowest BCUT2D eigenvalue weighted by molar-refractivity contribution is 0.293. The molecule has 0 aromatic rings. The number of hydrogen-bond donors (Lipinski definition) is 0. The molecule has 0 aromatic carbocycles. The summed E-state index contributed by atoms with van der Waals surface area (Å²) in [5, 5.41) is 0. The van der Waals surface area contributed by atoms with Gasteiger partial charge in [-0.3, -0.25) is 4.99 Å². The molecule has 0 radical (unpaired) electrons. The third-order valence-corrected chi connectivity index (χ3v) is 2.38. The van der Waals surface area contributed by atoms with Crippen molar-refractivity contribution < 1.29 is 4.74 Å². The number of hydrogen-bond acceptors (Lipinski definition) is 2. The molecule has 66 valence electrons. The molecular formula is C10H15NO. The lowest BCUT2D eigenvalue weighted by Crippen LogP contribution is -2.07. The van der Waals surface area contributed by atoms with Crippen LogP contribution in [0.1, 0.15) is 20.3 Å². The maximum atomic E-state index is 5.18. The van der Waals surface area contributed by atoms with Crippen molar-refractivity contribution in [3.8, 4) is 0 Å². The maximum Gasteiger partial charge on any atom is 0.140 e. The molecule has 0 N–H and O–H groups in total. The molecule has 1 aliphatic carbocycles. The zero-order valence-corrected chi connectivity index (χ0v) is 7.92. The number of methoxy groups -OCH3 is 1. The van der Waals surface area contributed by atoms with E-state index in [4.69, 9.17) is 4.74 Å². The highest BCUT2D eigenvalue weighted by Crippen LogP contribution is 2.29. The van der Waals surface area contributed by atoms with E-state index in [9.17, 15) is 0 Å². The van der Waals surface area contributed by atoms with E-state index >= 15 is 0 Å². The minimum absolute atomic E-state index is 0.560. The van der Waals surface area contributed by atoms with Crippen LogP contribution in [0.4, 0.5) is 0 Å². The quantitative estimate of drug-likeness (QED) is 0.576. The van der Waals surface area contributed by atoms with Crippen LogP contribution in [0, 0.1) is 5.92 Å². The highest BCUT2D eigenvalue weighted by Gasteiger charge is 2.17. The molecule has 0 fully saturated rings. The Hall–Kier alpha value is -1.05. The Morgan fingerprint density at radius 3 is 2.83 bits per heavy atom. The minimum atomic E-state index is 0.560. The van der Waals surface area contributed by atoms with Crippen LogP contribution in [0.3, 0.4) is 0 Å². The van der Waals surface area contributed by atoms with Gasteiger partial charge in [-0.05, 0) is 37.6 Å². The van der Waals surface area contributed by atoms with Crippen molar-refractivity contribution >= 4 is 6.72 Å². The van der Waals surface area contributed by atoms with Crippen LogP contribution in [0.15, 0.2) is 28.1 Å². The van der Waals surface area contributed by atoms with Crippen LogP contribution in [0.5, 0.6) is 0 Å². The van der Waals surface area contributed by atoms with E-state index in [1.54, 1.807) is 7.11 Å². The molecule has 2 heteroatoms. The predicted molar refractivity (Wildman–Crippen MR) is 51.1 cm³/mol. The molecule has 0 unspecified atom stereocenters. The number of rotatable bonds is 2. The summed E-state index contributed by atoms with van der Waals surface area (Å²) in [5.74, 6) is 1.42. The Kier molecular flexibility index (Phi) is 2.69. The fourth-order valence-corrected chi connectivity index (χ4v) is 1.37. The molecule has 1 aliphatic rings. The van der Waals surface area contributed by atoms with Gasteiger partial charge in [0.2, 0.25) is 0 Å². The van der Waals surface area contributed by atoms with E-state index in [0.717, 1.165) is 17.9 Å². The number of nitrogens with zero attached hydrogens (tertiary/aromatic N) is 1. The topological polar surface area (TPSA) is 21.6 Å². The lowest BCUT2D eigenvalue weighted by Gasteiger charge is -2.20. The molecule has 0 spiro atoms. The number of ether oxygens (including phenoxy) is 1. The minimum Gasteiger partial charge on any atom is -0.495 e. The van der Waals surface area contributed by atoms with Crippen LogP contribution in [-0.4, -0.2) is 13.8 Å². The lowest BCUT2D eigenvalue weighted by atomic mass is 9.92. The molecule has 1 rings (SSSR count). The first-order valence-electron chi connectivity index (χ1n) is 4.12.